The zero-order chi connectivity index (χ0) is 8.23. The molecule has 2 aromatic heterocycles. The molecule has 0 amide bonds. The van der Waals surface area contributed by atoms with E-state index in [0.29, 0.717) is 0 Å². The van der Waals surface area contributed by atoms with Crippen LogP contribution < -0.4 is 0 Å². The Balaban J connectivity index is 2.14. The topological polar surface area (TPSA) is 57.4 Å². The maximum absolute atomic E-state index is 4.03. The largest absolute Gasteiger partial charge is 0.345 e. The molecule has 0 saturated heterocycles. The third kappa shape index (κ3) is 1.42. The number of H-pyrrole nitrogens is 2. The van der Waals surface area contributed by atoms with Gasteiger partial charge in [-0.2, -0.15) is 0 Å². The molecule has 0 spiro atoms. The number of aromatic nitrogens is 4. The molecule has 0 aliphatic rings. The number of aromatic amines is 2. The van der Waals surface area contributed by atoms with Crippen LogP contribution in [-0.4, -0.2) is 19.9 Å². The molecular weight excluding hydrogens is 152 g/mol. The quantitative estimate of drug-likeness (QED) is 0.695. The summed E-state index contributed by atoms with van der Waals surface area (Å²) in [7, 11) is 0. The monoisotopic (exact) mass is 160 g/mol. The van der Waals surface area contributed by atoms with Crippen molar-refractivity contribution in [1.82, 2.24) is 19.9 Å². The highest BCUT2D eigenvalue weighted by atomic mass is 14.9. The highest BCUT2D eigenvalue weighted by Gasteiger charge is 1.88. The van der Waals surface area contributed by atoms with E-state index in [9.17, 15) is 0 Å². The van der Waals surface area contributed by atoms with E-state index in [0.717, 1.165) is 11.6 Å². The fourth-order valence-electron chi connectivity index (χ4n) is 0.895. The van der Waals surface area contributed by atoms with Crippen LogP contribution >= 0.6 is 0 Å². The normalized spacial score (nSPS) is 11.0. The van der Waals surface area contributed by atoms with Crippen LogP contribution in [0.15, 0.2) is 24.8 Å². The number of hydrogen-bond acceptors (Lipinski definition) is 2. The van der Waals surface area contributed by atoms with Gasteiger partial charge in [-0.25, -0.2) is 9.97 Å². The second kappa shape index (κ2) is 3.04. The van der Waals surface area contributed by atoms with Crippen molar-refractivity contribution in [2.24, 2.45) is 0 Å². The molecule has 4 heteroatoms. The molecule has 0 saturated carbocycles. The molecule has 60 valence electrons. The fraction of sp³-hybridized carbons (Fsp3) is 0. The van der Waals surface area contributed by atoms with E-state index in [-0.39, 0.29) is 0 Å². The first-order valence-electron chi connectivity index (χ1n) is 3.62. The number of hydrogen-bond donors (Lipinski definition) is 2. The van der Waals surface area contributed by atoms with Gasteiger partial charge in [-0.3, -0.25) is 0 Å². The molecular formula is C8H8N4. The van der Waals surface area contributed by atoms with Gasteiger partial charge in [-0.15, -0.1) is 0 Å². The van der Waals surface area contributed by atoms with Crippen LogP contribution in [0.3, 0.4) is 0 Å². The highest BCUT2D eigenvalue weighted by molar-refractivity contribution is 5.62. The van der Waals surface area contributed by atoms with Crippen molar-refractivity contribution in [2.75, 3.05) is 0 Å². The molecule has 2 rings (SSSR count). The first-order chi connectivity index (χ1) is 5.95. The van der Waals surface area contributed by atoms with Crippen molar-refractivity contribution in [3.8, 4) is 0 Å². The average molecular weight is 160 g/mol. The summed E-state index contributed by atoms with van der Waals surface area (Å²) in [6, 6.07) is 0. The van der Waals surface area contributed by atoms with E-state index in [1.54, 1.807) is 24.8 Å². The van der Waals surface area contributed by atoms with Crippen LogP contribution in [0.5, 0.6) is 0 Å². The van der Waals surface area contributed by atoms with E-state index in [4.69, 9.17) is 0 Å². The Bertz CT molecular complexity index is 308. The Morgan fingerprint density at radius 3 is 1.75 bits per heavy atom. The summed E-state index contributed by atoms with van der Waals surface area (Å²) >= 11 is 0. The third-order valence-corrected chi connectivity index (χ3v) is 1.44. The lowest BCUT2D eigenvalue weighted by molar-refractivity contribution is 1.25. The Morgan fingerprint density at radius 1 is 0.917 bits per heavy atom. The maximum atomic E-state index is 4.03. The lowest BCUT2D eigenvalue weighted by Gasteiger charge is -1.82. The van der Waals surface area contributed by atoms with Crippen molar-refractivity contribution in [2.45, 2.75) is 0 Å². The molecule has 0 bridgehead atoms. The van der Waals surface area contributed by atoms with Gasteiger partial charge in [-0.1, -0.05) is 0 Å². The van der Waals surface area contributed by atoms with Crippen LogP contribution in [0.4, 0.5) is 0 Å². The zero-order valence-corrected chi connectivity index (χ0v) is 6.36. The van der Waals surface area contributed by atoms with Gasteiger partial charge in [-0.05, 0) is 12.2 Å². The van der Waals surface area contributed by atoms with Crippen molar-refractivity contribution >= 4 is 12.2 Å². The number of imidazole rings is 2. The first kappa shape index (κ1) is 6.84. The molecule has 0 radical (unpaired) electrons. The number of nitrogens with zero attached hydrogens (tertiary/aromatic N) is 2. The Hall–Kier alpha value is -1.84. The van der Waals surface area contributed by atoms with Gasteiger partial charge in [0.1, 0.15) is 11.6 Å². The van der Waals surface area contributed by atoms with Crippen LogP contribution in [0.1, 0.15) is 11.6 Å². The van der Waals surface area contributed by atoms with Gasteiger partial charge in [0.2, 0.25) is 0 Å². The summed E-state index contributed by atoms with van der Waals surface area (Å²) < 4.78 is 0. The van der Waals surface area contributed by atoms with E-state index in [1.165, 1.54) is 0 Å². The lowest BCUT2D eigenvalue weighted by Crippen LogP contribution is -1.75. The fourth-order valence-corrected chi connectivity index (χ4v) is 0.895. The molecule has 4 nitrogen and oxygen atoms in total. The minimum absolute atomic E-state index is 0.825. The Morgan fingerprint density at radius 2 is 1.42 bits per heavy atom. The summed E-state index contributed by atoms with van der Waals surface area (Å²) in [5.74, 6) is 1.65. The van der Waals surface area contributed by atoms with E-state index in [1.807, 2.05) is 12.2 Å². The van der Waals surface area contributed by atoms with Gasteiger partial charge in [0.15, 0.2) is 0 Å². The summed E-state index contributed by atoms with van der Waals surface area (Å²) in [5.41, 5.74) is 0. The Kier molecular flexibility index (Phi) is 1.74. The molecule has 2 N–H and O–H groups in total. The van der Waals surface area contributed by atoms with Crippen molar-refractivity contribution in [3.63, 3.8) is 0 Å². The van der Waals surface area contributed by atoms with E-state index < -0.39 is 0 Å². The van der Waals surface area contributed by atoms with Crippen molar-refractivity contribution in [3.05, 3.63) is 36.4 Å². The standard InChI is InChI=1S/C8H8N4/c1(7-9-3-4-10-7)2-8-11-5-6-12-8/h1-6H,(H,9,10)(H,11,12). The molecule has 2 heterocycles. The SMILES string of the molecule is C(=Cc1ncc[nH]1)c1ncc[nH]1. The average Bonchev–Trinajstić information content (AvgIpc) is 2.74. The minimum Gasteiger partial charge on any atom is -0.345 e. The second-order valence-electron chi connectivity index (χ2n) is 2.28. The molecule has 0 unspecified atom stereocenters. The molecule has 0 aromatic carbocycles. The highest BCUT2D eigenvalue weighted by Crippen LogP contribution is 1.97. The summed E-state index contributed by atoms with van der Waals surface area (Å²) in [5, 5.41) is 0. The second-order valence-corrected chi connectivity index (χ2v) is 2.28. The van der Waals surface area contributed by atoms with Crippen LogP contribution in [0, 0.1) is 0 Å². The number of rotatable bonds is 2. The van der Waals surface area contributed by atoms with Gasteiger partial charge in [0.25, 0.3) is 0 Å². The minimum atomic E-state index is 0.825. The molecule has 2 aromatic rings. The summed E-state index contributed by atoms with van der Waals surface area (Å²) in [6.45, 7) is 0. The summed E-state index contributed by atoms with van der Waals surface area (Å²) in [6.07, 6.45) is 10.7. The number of nitrogens with one attached hydrogen (secondary N) is 2. The predicted octanol–water partition coefficient (Wildman–Crippen LogP) is 1.30. The molecule has 0 atom stereocenters. The van der Waals surface area contributed by atoms with E-state index >= 15 is 0 Å². The molecule has 0 fully saturated rings. The lowest BCUT2D eigenvalue weighted by atomic mass is 10.4. The molecule has 0 aliphatic heterocycles. The van der Waals surface area contributed by atoms with Gasteiger partial charge >= 0.3 is 0 Å². The first-order valence-corrected chi connectivity index (χ1v) is 3.62. The van der Waals surface area contributed by atoms with Crippen molar-refractivity contribution < 1.29 is 0 Å². The van der Waals surface area contributed by atoms with E-state index in [2.05, 4.69) is 19.9 Å². The van der Waals surface area contributed by atoms with Gasteiger partial charge in [0.05, 0.1) is 0 Å². The van der Waals surface area contributed by atoms with Gasteiger partial charge in [0, 0.05) is 24.8 Å². The predicted molar refractivity (Wildman–Crippen MR) is 46.1 cm³/mol. The van der Waals surface area contributed by atoms with Gasteiger partial charge < -0.3 is 9.97 Å². The zero-order valence-electron chi connectivity index (χ0n) is 6.36. The maximum Gasteiger partial charge on any atom is 0.130 e. The summed E-state index contributed by atoms with van der Waals surface area (Å²) in [4.78, 5) is 14.0. The molecule has 12 heavy (non-hydrogen) atoms. The van der Waals surface area contributed by atoms with Crippen LogP contribution in [-0.2, 0) is 0 Å². The van der Waals surface area contributed by atoms with Crippen molar-refractivity contribution in [1.29, 1.82) is 0 Å². The molecule has 0 aliphatic carbocycles. The third-order valence-electron chi connectivity index (χ3n) is 1.44. The smallest absolute Gasteiger partial charge is 0.130 e. The Labute approximate surface area is 69.4 Å². The van der Waals surface area contributed by atoms with Crippen LogP contribution in [0.25, 0.3) is 12.2 Å². The van der Waals surface area contributed by atoms with Crippen LogP contribution in [0.2, 0.25) is 0 Å².